The highest BCUT2D eigenvalue weighted by molar-refractivity contribution is 5.92. The molecule has 0 spiro atoms. The lowest BCUT2D eigenvalue weighted by Gasteiger charge is -2.35. The Kier molecular flexibility index (Phi) is 9.42. The first-order chi connectivity index (χ1) is 32.0. The van der Waals surface area contributed by atoms with E-state index in [4.69, 9.17) is 0 Å². The molecule has 0 amide bonds. The van der Waals surface area contributed by atoms with Crippen molar-refractivity contribution in [3.63, 3.8) is 0 Å². The standard InChI is InChI=1S/C64H51N/c1-63(2)60-41-48(45-21-9-4-10-22-45)35-38-55(60)56-39-36-52(43-61(56)63)65(62-30-18-16-27-53(62)47-33-31-46(32-34-47)44-19-7-3-8-20-44)51-37-40-59-57(42-51)54-28-15-17-29-58(54)64(59,49-23-11-5-12-24-49)50-25-13-6-14-26-50/h3-15,17-19,21-26,28-44H,16,20,27H2,1-2H3. The zero-order chi connectivity index (χ0) is 43.5. The lowest BCUT2D eigenvalue weighted by atomic mass is 9.68. The summed E-state index contributed by atoms with van der Waals surface area (Å²) >= 11 is 0. The fraction of sp³-hybridized carbons (Fsp3) is 0.125. The molecule has 0 bridgehead atoms. The first-order valence-corrected chi connectivity index (χ1v) is 23.3. The lowest BCUT2D eigenvalue weighted by molar-refractivity contribution is 0.660. The van der Waals surface area contributed by atoms with Crippen LogP contribution in [0.1, 0.15) is 83.5 Å². The number of fused-ring (bicyclic) bond motifs is 6. The highest BCUT2D eigenvalue weighted by Crippen LogP contribution is 2.58. The first-order valence-electron chi connectivity index (χ1n) is 23.3. The second kappa shape index (κ2) is 15.6. The molecule has 0 radical (unpaired) electrons. The van der Waals surface area contributed by atoms with E-state index < -0.39 is 5.41 Å². The molecule has 0 aliphatic heterocycles. The summed E-state index contributed by atoms with van der Waals surface area (Å²) in [5, 5.41) is 0. The van der Waals surface area contributed by atoms with E-state index in [0.717, 1.165) is 24.9 Å². The fourth-order valence-electron chi connectivity index (χ4n) is 11.6. The smallest absolute Gasteiger partial charge is 0.0713 e. The van der Waals surface area contributed by atoms with Gasteiger partial charge in [0.15, 0.2) is 0 Å². The Morgan fingerprint density at radius 1 is 0.462 bits per heavy atom. The van der Waals surface area contributed by atoms with Gasteiger partial charge in [0.2, 0.25) is 0 Å². The van der Waals surface area contributed by atoms with E-state index in [9.17, 15) is 0 Å². The van der Waals surface area contributed by atoms with Gasteiger partial charge < -0.3 is 4.90 Å². The Bertz CT molecular complexity index is 3200. The van der Waals surface area contributed by atoms with Crippen molar-refractivity contribution in [1.29, 1.82) is 0 Å². The third kappa shape index (κ3) is 6.28. The largest absolute Gasteiger partial charge is 0.310 e. The lowest BCUT2D eigenvalue weighted by Crippen LogP contribution is -2.28. The number of hydrogen-bond acceptors (Lipinski definition) is 1. The number of rotatable bonds is 8. The van der Waals surface area contributed by atoms with Gasteiger partial charge in [-0.2, -0.15) is 0 Å². The van der Waals surface area contributed by atoms with Crippen molar-refractivity contribution in [1.82, 2.24) is 0 Å². The molecule has 1 heteroatoms. The van der Waals surface area contributed by atoms with Gasteiger partial charge in [0.1, 0.15) is 0 Å². The molecule has 12 rings (SSSR count). The molecule has 0 N–H and O–H groups in total. The van der Waals surface area contributed by atoms with E-state index in [1.165, 1.54) is 94.8 Å². The molecule has 0 saturated heterocycles. The summed E-state index contributed by atoms with van der Waals surface area (Å²) < 4.78 is 0. The van der Waals surface area contributed by atoms with Crippen molar-refractivity contribution < 1.29 is 0 Å². The summed E-state index contributed by atoms with van der Waals surface area (Å²) in [5.41, 5.74) is 22.6. The normalized spacial score (nSPS) is 17.0. The minimum atomic E-state index is -0.458. The minimum Gasteiger partial charge on any atom is -0.310 e. The maximum atomic E-state index is 2.57. The minimum absolute atomic E-state index is 0.197. The molecular weight excluding hydrogens is 783 g/mol. The van der Waals surface area contributed by atoms with Crippen LogP contribution in [0, 0.1) is 0 Å². The average molecular weight is 834 g/mol. The van der Waals surface area contributed by atoms with Crippen molar-refractivity contribution in [3.05, 3.63) is 281 Å². The third-order valence-corrected chi connectivity index (χ3v) is 14.8. The van der Waals surface area contributed by atoms with Gasteiger partial charge in [-0.1, -0.05) is 208 Å². The predicted octanol–water partition coefficient (Wildman–Crippen LogP) is 16.5. The maximum absolute atomic E-state index is 2.57. The molecule has 312 valence electrons. The van der Waals surface area contributed by atoms with Crippen molar-refractivity contribution >= 4 is 16.9 Å². The molecule has 0 saturated carbocycles. The van der Waals surface area contributed by atoms with Crippen LogP contribution in [0.15, 0.2) is 236 Å². The molecule has 0 fully saturated rings. The Morgan fingerprint density at radius 2 is 1.06 bits per heavy atom. The SMILES string of the molecule is CC1(C)c2cc(-c3ccccc3)ccc2-c2ccc(N(C3=C(c4ccc(C5C=CC=CC5)cc4)CCC=C3)c3ccc4c(c3)-c3ccccc3C4(c3ccccc3)c3ccccc3)cc21. The van der Waals surface area contributed by atoms with Crippen molar-refractivity contribution in [2.45, 2.75) is 49.9 Å². The van der Waals surface area contributed by atoms with Crippen molar-refractivity contribution in [2.24, 2.45) is 0 Å². The summed E-state index contributed by atoms with van der Waals surface area (Å²) in [6.07, 6.45) is 16.7. The van der Waals surface area contributed by atoms with Crippen LogP contribution in [0.2, 0.25) is 0 Å². The summed E-state index contributed by atoms with van der Waals surface area (Å²) in [5.74, 6) is 0.418. The number of allylic oxidation sites excluding steroid dienone is 7. The van der Waals surface area contributed by atoms with Crippen molar-refractivity contribution in [2.75, 3.05) is 4.90 Å². The van der Waals surface area contributed by atoms with Gasteiger partial charge in [0.25, 0.3) is 0 Å². The molecular formula is C64H51N. The van der Waals surface area contributed by atoms with E-state index in [-0.39, 0.29) is 5.41 Å². The molecule has 1 unspecified atom stereocenters. The van der Waals surface area contributed by atoms with Gasteiger partial charge in [0, 0.05) is 28.4 Å². The summed E-state index contributed by atoms with van der Waals surface area (Å²) in [7, 11) is 0. The van der Waals surface area contributed by atoms with E-state index in [0.29, 0.717) is 5.92 Å². The van der Waals surface area contributed by atoms with Gasteiger partial charge in [0.05, 0.1) is 5.41 Å². The number of hydrogen-bond donors (Lipinski definition) is 0. The van der Waals surface area contributed by atoms with Gasteiger partial charge in [-0.15, -0.1) is 0 Å². The monoisotopic (exact) mass is 833 g/mol. The summed E-state index contributed by atoms with van der Waals surface area (Å²) in [6.45, 7) is 4.81. The highest BCUT2D eigenvalue weighted by Gasteiger charge is 2.46. The van der Waals surface area contributed by atoms with Crippen LogP contribution in [-0.2, 0) is 10.8 Å². The molecule has 1 atom stereocenters. The van der Waals surface area contributed by atoms with Gasteiger partial charge >= 0.3 is 0 Å². The number of anilines is 2. The Hall–Kier alpha value is -7.48. The summed E-state index contributed by atoms with van der Waals surface area (Å²) in [4.78, 5) is 2.57. The molecule has 0 aromatic heterocycles. The maximum Gasteiger partial charge on any atom is 0.0713 e. The molecule has 1 nitrogen and oxygen atoms in total. The molecule has 8 aromatic rings. The summed E-state index contributed by atoms with van der Waals surface area (Å²) in [6, 6.07) is 73.2. The average Bonchev–Trinajstić information content (AvgIpc) is 3.80. The van der Waals surface area contributed by atoms with Crippen LogP contribution in [0.3, 0.4) is 0 Å². The number of benzene rings is 8. The second-order valence-electron chi connectivity index (χ2n) is 18.7. The van der Waals surface area contributed by atoms with E-state index in [2.05, 4.69) is 249 Å². The molecule has 8 aromatic carbocycles. The first kappa shape index (κ1) is 39.1. The quantitative estimate of drug-likeness (QED) is 0.147. The zero-order valence-corrected chi connectivity index (χ0v) is 37.1. The molecule has 4 aliphatic carbocycles. The fourth-order valence-corrected chi connectivity index (χ4v) is 11.6. The topological polar surface area (TPSA) is 3.24 Å². The number of nitrogens with zero attached hydrogens (tertiary/aromatic N) is 1. The molecule has 65 heavy (non-hydrogen) atoms. The van der Waals surface area contributed by atoms with E-state index in [1.807, 2.05) is 0 Å². The van der Waals surface area contributed by atoms with Crippen LogP contribution >= 0.6 is 0 Å². The van der Waals surface area contributed by atoms with Crippen LogP contribution in [0.4, 0.5) is 11.4 Å². The van der Waals surface area contributed by atoms with Crippen LogP contribution in [-0.4, -0.2) is 0 Å². The molecule has 4 aliphatic rings. The van der Waals surface area contributed by atoms with Crippen LogP contribution in [0.25, 0.3) is 39.0 Å². The van der Waals surface area contributed by atoms with Gasteiger partial charge in [-0.05, 0) is 139 Å². The Labute approximate surface area is 384 Å². The van der Waals surface area contributed by atoms with E-state index in [1.54, 1.807) is 0 Å². The Balaban J connectivity index is 1.06. The highest BCUT2D eigenvalue weighted by atomic mass is 15.1. The van der Waals surface area contributed by atoms with Crippen LogP contribution in [0.5, 0.6) is 0 Å². The van der Waals surface area contributed by atoms with Crippen molar-refractivity contribution in [3.8, 4) is 33.4 Å². The van der Waals surface area contributed by atoms with Gasteiger partial charge in [-0.3, -0.25) is 0 Å². The van der Waals surface area contributed by atoms with Crippen LogP contribution < -0.4 is 4.90 Å². The molecule has 0 heterocycles. The zero-order valence-electron chi connectivity index (χ0n) is 37.1. The van der Waals surface area contributed by atoms with Gasteiger partial charge in [-0.25, -0.2) is 0 Å². The predicted molar refractivity (Wildman–Crippen MR) is 273 cm³/mol. The van der Waals surface area contributed by atoms with E-state index >= 15 is 0 Å². The third-order valence-electron chi connectivity index (χ3n) is 14.8. The Morgan fingerprint density at radius 3 is 1.78 bits per heavy atom. The second-order valence-corrected chi connectivity index (χ2v) is 18.7.